The van der Waals surface area contributed by atoms with Crippen molar-refractivity contribution in [1.29, 1.82) is 0 Å². The third kappa shape index (κ3) is 8.13. The number of likely N-dealkylation sites (tertiary alicyclic amines) is 1. The van der Waals surface area contributed by atoms with E-state index in [1.54, 1.807) is 24.3 Å². The van der Waals surface area contributed by atoms with E-state index in [1.807, 2.05) is 30.3 Å². The van der Waals surface area contributed by atoms with Gasteiger partial charge in [0, 0.05) is 11.7 Å². The minimum Gasteiger partial charge on any atom is -0.457 e. The molecule has 3 aromatic carbocycles. The van der Waals surface area contributed by atoms with Gasteiger partial charge < -0.3 is 20.1 Å². The number of halogens is 1. The molecular weight excluding hydrogens is 473 g/mol. The molecule has 0 bridgehead atoms. The van der Waals surface area contributed by atoms with E-state index in [1.165, 1.54) is 24.3 Å². The number of rotatable bonds is 11. The van der Waals surface area contributed by atoms with Gasteiger partial charge in [-0.25, -0.2) is 4.39 Å². The number of carbonyl (C=O) groups is 2. The molecule has 7 nitrogen and oxygen atoms in total. The van der Waals surface area contributed by atoms with Gasteiger partial charge in [0.2, 0.25) is 11.8 Å². The van der Waals surface area contributed by atoms with Crippen LogP contribution in [0.3, 0.4) is 0 Å². The monoisotopic (exact) mass is 505 g/mol. The second-order valence-electron chi connectivity index (χ2n) is 9.15. The summed E-state index contributed by atoms with van der Waals surface area (Å²) in [4.78, 5) is 28.0. The maximum Gasteiger partial charge on any atom is 0.249 e. The molecule has 1 aliphatic heterocycles. The molecule has 2 unspecified atom stereocenters. The summed E-state index contributed by atoms with van der Waals surface area (Å²) in [5.41, 5.74) is 1.53. The third-order valence-electron chi connectivity index (χ3n) is 6.26. The first-order valence-electron chi connectivity index (χ1n) is 12.5. The first-order chi connectivity index (χ1) is 18.0. The molecular formula is C29H32FN3O4. The van der Waals surface area contributed by atoms with Gasteiger partial charge in [0.1, 0.15) is 23.4 Å². The second kappa shape index (κ2) is 13.0. The summed E-state index contributed by atoms with van der Waals surface area (Å²) in [7, 11) is 0. The Balaban J connectivity index is 1.35. The Kier molecular flexibility index (Phi) is 9.24. The van der Waals surface area contributed by atoms with Gasteiger partial charge in [-0.2, -0.15) is 0 Å². The Labute approximate surface area is 216 Å². The largest absolute Gasteiger partial charge is 0.457 e. The first-order valence-corrected chi connectivity index (χ1v) is 12.5. The van der Waals surface area contributed by atoms with Gasteiger partial charge in [0.25, 0.3) is 0 Å². The number of hydrogen-bond acceptors (Lipinski definition) is 5. The molecule has 2 amide bonds. The van der Waals surface area contributed by atoms with Crippen LogP contribution in [0.25, 0.3) is 0 Å². The summed E-state index contributed by atoms with van der Waals surface area (Å²) in [5, 5.41) is 5.69. The zero-order valence-corrected chi connectivity index (χ0v) is 20.9. The lowest BCUT2D eigenvalue weighted by molar-refractivity contribution is -0.128. The highest BCUT2D eigenvalue weighted by Gasteiger charge is 2.26. The minimum absolute atomic E-state index is 0.0355. The number of amides is 2. The van der Waals surface area contributed by atoms with Crippen molar-refractivity contribution in [2.75, 3.05) is 25.0 Å². The molecule has 0 aliphatic carbocycles. The maximum atomic E-state index is 13.1. The van der Waals surface area contributed by atoms with E-state index >= 15 is 0 Å². The van der Waals surface area contributed by atoms with Crippen molar-refractivity contribution < 1.29 is 23.5 Å². The Morgan fingerprint density at radius 2 is 1.68 bits per heavy atom. The van der Waals surface area contributed by atoms with Crippen molar-refractivity contribution in [3.8, 4) is 11.5 Å². The van der Waals surface area contributed by atoms with E-state index in [0.29, 0.717) is 29.8 Å². The Bertz CT molecular complexity index is 1160. The van der Waals surface area contributed by atoms with Crippen molar-refractivity contribution in [3.05, 3.63) is 90.2 Å². The van der Waals surface area contributed by atoms with Crippen LogP contribution in [0.15, 0.2) is 78.9 Å². The van der Waals surface area contributed by atoms with Crippen LogP contribution in [0.5, 0.6) is 11.5 Å². The Morgan fingerprint density at radius 1 is 1.00 bits per heavy atom. The van der Waals surface area contributed by atoms with Crippen LogP contribution in [-0.4, -0.2) is 48.5 Å². The predicted molar refractivity (Wildman–Crippen MR) is 140 cm³/mol. The van der Waals surface area contributed by atoms with Crippen molar-refractivity contribution in [2.24, 2.45) is 0 Å². The van der Waals surface area contributed by atoms with Crippen molar-refractivity contribution in [2.45, 2.75) is 38.5 Å². The van der Waals surface area contributed by atoms with E-state index in [-0.39, 0.29) is 30.8 Å². The van der Waals surface area contributed by atoms with Crippen molar-refractivity contribution in [1.82, 2.24) is 10.2 Å². The smallest absolute Gasteiger partial charge is 0.249 e. The van der Waals surface area contributed by atoms with E-state index < -0.39 is 6.04 Å². The Hall–Kier alpha value is -3.75. The predicted octanol–water partition coefficient (Wildman–Crippen LogP) is 4.74. The first kappa shape index (κ1) is 26.3. The van der Waals surface area contributed by atoms with E-state index in [9.17, 15) is 14.0 Å². The fourth-order valence-corrected chi connectivity index (χ4v) is 4.18. The van der Waals surface area contributed by atoms with Crippen LogP contribution in [-0.2, 0) is 20.9 Å². The summed E-state index contributed by atoms with van der Waals surface area (Å²) >= 11 is 0. The average Bonchev–Trinajstić information content (AvgIpc) is 3.30. The van der Waals surface area contributed by atoms with E-state index in [0.717, 1.165) is 24.9 Å². The maximum absolute atomic E-state index is 13.1. The SMILES string of the molecule is CC1CCCN1CC(=O)NC(COCc1ccccc1)C(=O)Nc1ccc(Oc2ccc(F)cc2)cc1. The van der Waals surface area contributed by atoms with Crippen molar-refractivity contribution >= 4 is 17.5 Å². The summed E-state index contributed by atoms with van der Waals surface area (Å²) in [6.07, 6.45) is 2.14. The highest BCUT2D eigenvalue weighted by atomic mass is 19.1. The van der Waals surface area contributed by atoms with Crippen LogP contribution in [0.1, 0.15) is 25.3 Å². The molecule has 2 N–H and O–H groups in total. The quantitative estimate of drug-likeness (QED) is 0.394. The molecule has 1 aliphatic rings. The van der Waals surface area contributed by atoms with Gasteiger partial charge in [0.05, 0.1) is 19.8 Å². The second-order valence-corrected chi connectivity index (χ2v) is 9.15. The fourth-order valence-electron chi connectivity index (χ4n) is 4.18. The summed E-state index contributed by atoms with van der Waals surface area (Å²) in [6.45, 7) is 3.60. The van der Waals surface area contributed by atoms with Gasteiger partial charge in [-0.15, -0.1) is 0 Å². The van der Waals surface area contributed by atoms with Crippen LogP contribution in [0.4, 0.5) is 10.1 Å². The van der Waals surface area contributed by atoms with Crippen LogP contribution < -0.4 is 15.4 Å². The number of nitrogens with one attached hydrogen (secondary N) is 2. The van der Waals surface area contributed by atoms with Gasteiger partial charge in [-0.05, 0) is 80.4 Å². The molecule has 0 radical (unpaired) electrons. The van der Waals surface area contributed by atoms with Gasteiger partial charge >= 0.3 is 0 Å². The number of anilines is 1. The van der Waals surface area contributed by atoms with E-state index in [4.69, 9.17) is 9.47 Å². The molecule has 0 saturated carbocycles. The summed E-state index contributed by atoms with van der Waals surface area (Å²) in [5.74, 6) is 0.127. The number of nitrogens with zero attached hydrogens (tertiary/aromatic N) is 1. The number of carbonyl (C=O) groups excluding carboxylic acids is 2. The molecule has 37 heavy (non-hydrogen) atoms. The van der Waals surface area contributed by atoms with Gasteiger partial charge in [-0.1, -0.05) is 30.3 Å². The molecule has 194 valence electrons. The van der Waals surface area contributed by atoms with Crippen LogP contribution in [0.2, 0.25) is 0 Å². The zero-order chi connectivity index (χ0) is 26.0. The lowest BCUT2D eigenvalue weighted by atomic mass is 10.2. The lowest BCUT2D eigenvalue weighted by Gasteiger charge is -2.23. The highest BCUT2D eigenvalue weighted by molar-refractivity contribution is 5.97. The topological polar surface area (TPSA) is 79.9 Å². The normalized spacial score (nSPS) is 16.2. The number of ether oxygens (including phenoxy) is 2. The van der Waals surface area contributed by atoms with Crippen molar-refractivity contribution in [3.63, 3.8) is 0 Å². The number of benzene rings is 3. The molecule has 1 fully saturated rings. The van der Waals surface area contributed by atoms with Gasteiger partial charge in [-0.3, -0.25) is 14.5 Å². The molecule has 8 heteroatoms. The van der Waals surface area contributed by atoms with Crippen LogP contribution >= 0.6 is 0 Å². The Morgan fingerprint density at radius 3 is 2.32 bits per heavy atom. The van der Waals surface area contributed by atoms with Gasteiger partial charge in [0.15, 0.2) is 0 Å². The molecule has 0 spiro atoms. The molecule has 0 aromatic heterocycles. The standard InChI is InChI=1S/C29H32FN3O4/c1-21-6-5-17-33(21)18-28(34)32-27(20-36-19-22-7-3-2-4-8-22)29(35)31-24-11-15-26(16-12-24)37-25-13-9-23(30)10-14-25/h2-4,7-16,21,27H,5-6,17-20H2,1H3,(H,31,35)(H,32,34). The average molecular weight is 506 g/mol. The van der Waals surface area contributed by atoms with Crippen LogP contribution in [0, 0.1) is 5.82 Å². The minimum atomic E-state index is -0.857. The summed E-state index contributed by atoms with van der Waals surface area (Å²) < 4.78 is 24.6. The molecule has 1 heterocycles. The third-order valence-corrected chi connectivity index (χ3v) is 6.26. The molecule has 1 saturated heterocycles. The fraction of sp³-hybridized carbons (Fsp3) is 0.310. The summed E-state index contributed by atoms with van der Waals surface area (Å²) in [6, 6.07) is 21.7. The number of hydrogen-bond donors (Lipinski definition) is 2. The molecule has 3 aromatic rings. The molecule has 2 atom stereocenters. The highest BCUT2D eigenvalue weighted by Crippen LogP contribution is 2.23. The molecule has 4 rings (SSSR count). The van der Waals surface area contributed by atoms with E-state index in [2.05, 4.69) is 22.5 Å². The zero-order valence-electron chi connectivity index (χ0n) is 20.9. The lowest BCUT2D eigenvalue weighted by Crippen LogP contribution is -2.50.